The Morgan fingerprint density at radius 2 is 2.29 bits per heavy atom. The molecule has 1 aromatic heterocycles. The normalized spacial score (nSPS) is 14.9. The lowest BCUT2D eigenvalue weighted by molar-refractivity contribution is 0.521. The summed E-state index contributed by atoms with van der Waals surface area (Å²) >= 11 is 3.44. The number of nitrogens with zero attached hydrogens (tertiary/aromatic N) is 1. The van der Waals surface area contributed by atoms with Gasteiger partial charge in [-0.15, -0.1) is 0 Å². The molecule has 0 radical (unpaired) electrons. The Morgan fingerprint density at radius 1 is 1.57 bits per heavy atom. The van der Waals surface area contributed by atoms with Crippen LogP contribution in [0, 0.1) is 5.92 Å². The van der Waals surface area contributed by atoms with Crippen molar-refractivity contribution in [3.63, 3.8) is 0 Å². The molecule has 0 aliphatic rings. The van der Waals surface area contributed by atoms with E-state index >= 15 is 0 Å². The Morgan fingerprint density at radius 3 is 2.86 bits per heavy atom. The van der Waals surface area contributed by atoms with E-state index in [2.05, 4.69) is 40.1 Å². The van der Waals surface area contributed by atoms with E-state index in [9.17, 15) is 0 Å². The van der Waals surface area contributed by atoms with Crippen LogP contribution in [0.3, 0.4) is 0 Å². The summed E-state index contributed by atoms with van der Waals surface area (Å²) in [6, 6.07) is 2.31. The second-order valence-electron chi connectivity index (χ2n) is 3.50. The van der Waals surface area contributed by atoms with E-state index in [4.69, 9.17) is 5.73 Å². The van der Waals surface area contributed by atoms with Gasteiger partial charge in [-0.2, -0.15) is 0 Å². The largest absolute Gasteiger partial charge is 0.381 e. The van der Waals surface area contributed by atoms with Gasteiger partial charge in [-0.05, 0) is 41.4 Å². The smallest absolute Gasteiger partial charge is 0.0590 e. The molecule has 2 atom stereocenters. The molecule has 0 saturated carbocycles. The summed E-state index contributed by atoms with van der Waals surface area (Å²) in [5.41, 5.74) is 6.66. The first kappa shape index (κ1) is 11.5. The molecule has 0 saturated heterocycles. The molecule has 0 aromatic carbocycles. The van der Waals surface area contributed by atoms with Gasteiger partial charge in [-0.25, -0.2) is 0 Å². The van der Waals surface area contributed by atoms with Crippen LogP contribution in [0.4, 0.5) is 5.69 Å². The van der Waals surface area contributed by atoms with Crippen LogP contribution in [0.2, 0.25) is 0 Å². The maximum absolute atomic E-state index is 5.60. The second-order valence-corrected chi connectivity index (χ2v) is 4.36. The number of halogens is 1. The number of pyridine rings is 1. The van der Waals surface area contributed by atoms with E-state index < -0.39 is 0 Å². The lowest BCUT2D eigenvalue weighted by atomic mass is 10.0. The average molecular weight is 258 g/mol. The summed E-state index contributed by atoms with van der Waals surface area (Å²) in [6.07, 6.45) is 3.55. The first-order chi connectivity index (χ1) is 6.65. The first-order valence-corrected chi connectivity index (χ1v) is 5.50. The molecule has 3 N–H and O–H groups in total. The van der Waals surface area contributed by atoms with E-state index in [-0.39, 0.29) is 0 Å². The maximum Gasteiger partial charge on any atom is 0.0590 e. The van der Waals surface area contributed by atoms with Gasteiger partial charge >= 0.3 is 0 Å². The van der Waals surface area contributed by atoms with Crippen molar-refractivity contribution in [2.45, 2.75) is 19.9 Å². The molecular formula is C10H16BrN3. The zero-order valence-electron chi connectivity index (χ0n) is 8.50. The fraction of sp³-hybridized carbons (Fsp3) is 0.500. The van der Waals surface area contributed by atoms with E-state index in [0.29, 0.717) is 18.5 Å². The van der Waals surface area contributed by atoms with Gasteiger partial charge in [0.05, 0.1) is 10.2 Å². The van der Waals surface area contributed by atoms with Gasteiger partial charge in [0.25, 0.3) is 0 Å². The molecule has 0 fully saturated rings. The topological polar surface area (TPSA) is 50.9 Å². The number of rotatable bonds is 4. The van der Waals surface area contributed by atoms with Crippen LogP contribution >= 0.6 is 15.9 Å². The molecule has 2 unspecified atom stereocenters. The number of nitrogens with two attached hydrogens (primary N) is 1. The van der Waals surface area contributed by atoms with Crippen molar-refractivity contribution in [1.29, 1.82) is 0 Å². The third-order valence-electron chi connectivity index (χ3n) is 2.38. The average Bonchev–Trinajstić information content (AvgIpc) is 2.20. The predicted octanol–water partition coefficient (Wildman–Crippen LogP) is 2.24. The maximum atomic E-state index is 5.60. The Hall–Kier alpha value is -0.610. The van der Waals surface area contributed by atoms with Gasteiger partial charge in [-0.1, -0.05) is 6.92 Å². The molecule has 0 amide bonds. The number of nitrogens with one attached hydrogen (secondary N) is 1. The van der Waals surface area contributed by atoms with Crippen LogP contribution in [0.25, 0.3) is 0 Å². The zero-order chi connectivity index (χ0) is 10.6. The molecule has 78 valence electrons. The highest BCUT2D eigenvalue weighted by molar-refractivity contribution is 9.10. The van der Waals surface area contributed by atoms with Crippen molar-refractivity contribution >= 4 is 21.6 Å². The lowest BCUT2D eigenvalue weighted by Gasteiger charge is -2.21. The second kappa shape index (κ2) is 5.32. The minimum Gasteiger partial charge on any atom is -0.381 e. The predicted molar refractivity (Wildman–Crippen MR) is 63.2 cm³/mol. The summed E-state index contributed by atoms with van der Waals surface area (Å²) in [7, 11) is 0. The fourth-order valence-corrected chi connectivity index (χ4v) is 1.45. The van der Waals surface area contributed by atoms with Gasteiger partial charge < -0.3 is 11.1 Å². The van der Waals surface area contributed by atoms with Crippen molar-refractivity contribution < 1.29 is 0 Å². The molecule has 0 bridgehead atoms. The van der Waals surface area contributed by atoms with Crippen LogP contribution in [0.5, 0.6) is 0 Å². The third kappa shape index (κ3) is 2.96. The van der Waals surface area contributed by atoms with Crippen molar-refractivity contribution in [3.05, 3.63) is 22.9 Å². The Labute approximate surface area is 93.2 Å². The highest BCUT2D eigenvalue weighted by Gasteiger charge is 2.10. The van der Waals surface area contributed by atoms with Crippen molar-refractivity contribution in [3.8, 4) is 0 Å². The minimum absolute atomic E-state index is 0.360. The summed E-state index contributed by atoms with van der Waals surface area (Å²) in [4.78, 5) is 4.01. The van der Waals surface area contributed by atoms with Gasteiger partial charge in [0.2, 0.25) is 0 Å². The molecule has 1 heterocycles. The molecular weight excluding hydrogens is 242 g/mol. The van der Waals surface area contributed by atoms with Crippen LogP contribution in [0.1, 0.15) is 13.8 Å². The fourth-order valence-electron chi connectivity index (χ4n) is 1.08. The van der Waals surface area contributed by atoms with Crippen molar-refractivity contribution in [2.24, 2.45) is 11.7 Å². The number of hydrogen-bond donors (Lipinski definition) is 2. The lowest BCUT2D eigenvalue weighted by Crippen LogP contribution is -2.29. The Kier molecular flexibility index (Phi) is 4.35. The van der Waals surface area contributed by atoms with Gasteiger partial charge in [0.1, 0.15) is 0 Å². The third-order valence-corrected chi connectivity index (χ3v) is 3.01. The highest BCUT2D eigenvalue weighted by Crippen LogP contribution is 2.21. The molecule has 14 heavy (non-hydrogen) atoms. The van der Waals surface area contributed by atoms with E-state index in [1.807, 2.05) is 6.07 Å². The number of anilines is 1. The standard InChI is InChI=1S/C10H16BrN3/c1-7(5-12)8(2)14-10-3-4-13-6-9(10)11/h3-4,6-8H,5,12H2,1-2H3,(H,13,14). The summed E-state index contributed by atoms with van der Waals surface area (Å²) < 4.78 is 0.982. The Bertz CT molecular complexity index is 290. The van der Waals surface area contributed by atoms with E-state index in [0.717, 1.165) is 10.2 Å². The first-order valence-electron chi connectivity index (χ1n) is 4.71. The molecule has 0 spiro atoms. The SMILES string of the molecule is CC(CN)C(C)Nc1ccncc1Br. The van der Waals surface area contributed by atoms with Gasteiger partial charge in [0.15, 0.2) is 0 Å². The number of aromatic nitrogens is 1. The molecule has 4 heteroatoms. The summed E-state index contributed by atoms with van der Waals surface area (Å²) in [6.45, 7) is 4.95. The van der Waals surface area contributed by atoms with E-state index in [1.54, 1.807) is 12.4 Å². The summed E-state index contributed by atoms with van der Waals surface area (Å²) in [5.74, 6) is 0.454. The zero-order valence-corrected chi connectivity index (χ0v) is 10.1. The van der Waals surface area contributed by atoms with Crippen molar-refractivity contribution in [2.75, 3.05) is 11.9 Å². The Balaban J connectivity index is 2.64. The quantitative estimate of drug-likeness (QED) is 0.870. The molecule has 3 nitrogen and oxygen atoms in total. The van der Waals surface area contributed by atoms with E-state index in [1.165, 1.54) is 0 Å². The molecule has 0 aliphatic heterocycles. The van der Waals surface area contributed by atoms with Crippen LogP contribution < -0.4 is 11.1 Å². The monoisotopic (exact) mass is 257 g/mol. The minimum atomic E-state index is 0.360. The van der Waals surface area contributed by atoms with Crippen LogP contribution in [-0.4, -0.2) is 17.6 Å². The molecule has 1 rings (SSSR count). The number of hydrogen-bond acceptors (Lipinski definition) is 3. The van der Waals surface area contributed by atoms with Crippen LogP contribution in [-0.2, 0) is 0 Å². The highest BCUT2D eigenvalue weighted by atomic mass is 79.9. The van der Waals surface area contributed by atoms with Gasteiger partial charge in [-0.3, -0.25) is 4.98 Å². The van der Waals surface area contributed by atoms with Crippen molar-refractivity contribution in [1.82, 2.24) is 4.98 Å². The molecule has 0 aliphatic carbocycles. The molecule has 1 aromatic rings. The van der Waals surface area contributed by atoms with Gasteiger partial charge in [0, 0.05) is 18.4 Å². The summed E-state index contributed by atoms with van der Waals surface area (Å²) in [5, 5.41) is 3.39. The van der Waals surface area contributed by atoms with Crippen LogP contribution in [0.15, 0.2) is 22.9 Å².